The summed E-state index contributed by atoms with van der Waals surface area (Å²) in [6.07, 6.45) is 0. The Morgan fingerprint density at radius 3 is 2.27 bits per heavy atom. The Bertz CT molecular complexity index is 360. The molecule has 0 N–H and O–H groups in total. The molecule has 5 heteroatoms. The number of benzene rings is 1. The van der Waals surface area contributed by atoms with E-state index in [4.69, 9.17) is 4.74 Å². The summed E-state index contributed by atoms with van der Waals surface area (Å²) in [5.41, 5.74) is -2.60. The number of ether oxygens (including phenoxy) is 1. The van der Waals surface area contributed by atoms with E-state index in [9.17, 15) is 13.2 Å². The molecule has 0 fully saturated rings. The van der Waals surface area contributed by atoms with Gasteiger partial charge in [0.2, 0.25) is 0 Å². The average Bonchev–Trinajstić information content (AvgIpc) is 2.08. The van der Waals surface area contributed by atoms with E-state index in [0.29, 0.717) is 5.75 Å². The van der Waals surface area contributed by atoms with Crippen LogP contribution < -0.4 is 4.74 Å². The van der Waals surface area contributed by atoms with Gasteiger partial charge in [-0.25, -0.2) is 0 Å². The highest BCUT2D eigenvalue weighted by Gasteiger charge is 2.29. The van der Waals surface area contributed by atoms with Crippen LogP contribution in [0.4, 0.5) is 13.2 Å². The minimum Gasteiger partial charge on any atom is -0.496 e. The van der Waals surface area contributed by atoms with E-state index in [-0.39, 0.29) is 16.7 Å². The number of aryl methyl sites for hydroxylation is 1. The van der Waals surface area contributed by atoms with Gasteiger partial charge in [-0.05, 0) is 48.9 Å². The third kappa shape index (κ3) is 3.34. The number of hydrogen-bond acceptors (Lipinski definition) is 2. The smallest absolute Gasteiger partial charge is 0.446 e. The topological polar surface area (TPSA) is 9.23 Å². The lowest BCUT2D eigenvalue weighted by Gasteiger charge is -2.11. The van der Waals surface area contributed by atoms with Gasteiger partial charge in [-0.3, -0.25) is 0 Å². The largest absolute Gasteiger partial charge is 0.496 e. The molecule has 0 radical (unpaired) electrons. The fraction of sp³-hybridized carbons (Fsp3) is 0.400. The van der Waals surface area contributed by atoms with Gasteiger partial charge in [0.15, 0.2) is 0 Å². The zero-order valence-electron chi connectivity index (χ0n) is 8.61. The van der Waals surface area contributed by atoms with Crippen LogP contribution in [0, 0.1) is 13.8 Å². The summed E-state index contributed by atoms with van der Waals surface area (Å²) in [4.78, 5) is 0.155. The van der Waals surface area contributed by atoms with Crippen LogP contribution in [-0.2, 0) is 0 Å². The van der Waals surface area contributed by atoms with Crippen molar-refractivity contribution in [3.63, 3.8) is 0 Å². The van der Waals surface area contributed by atoms with E-state index in [2.05, 4.69) is 0 Å². The molecule has 0 aliphatic rings. The van der Waals surface area contributed by atoms with Crippen LogP contribution in [0.2, 0.25) is 0 Å². The van der Waals surface area contributed by atoms with Gasteiger partial charge in [0.05, 0.1) is 7.11 Å². The third-order valence-corrected chi connectivity index (χ3v) is 2.75. The molecule has 0 aliphatic carbocycles. The van der Waals surface area contributed by atoms with Crippen molar-refractivity contribution in [3.05, 3.63) is 23.3 Å². The molecule has 0 aromatic heterocycles. The molecule has 15 heavy (non-hydrogen) atoms. The minimum absolute atomic E-state index is 0.127. The van der Waals surface area contributed by atoms with E-state index >= 15 is 0 Å². The number of hydrogen-bond donors (Lipinski definition) is 0. The van der Waals surface area contributed by atoms with Crippen molar-refractivity contribution in [1.82, 2.24) is 0 Å². The molecule has 0 saturated heterocycles. The van der Waals surface area contributed by atoms with Crippen molar-refractivity contribution in [2.45, 2.75) is 24.3 Å². The molecule has 0 heterocycles. The number of methoxy groups -OCH3 is 1. The van der Waals surface area contributed by atoms with Gasteiger partial charge in [-0.15, -0.1) is 0 Å². The molecule has 0 amide bonds. The molecular formula is C10H11F3OS. The average molecular weight is 236 g/mol. The zero-order valence-corrected chi connectivity index (χ0v) is 9.42. The van der Waals surface area contributed by atoms with Gasteiger partial charge in [0.1, 0.15) is 5.75 Å². The molecule has 1 aromatic carbocycles. The van der Waals surface area contributed by atoms with Crippen LogP contribution in [0.25, 0.3) is 0 Å². The maximum Gasteiger partial charge on any atom is 0.446 e. The van der Waals surface area contributed by atoms with Gasteiger partial charge in [-0.2, -0.15) is 13.2 Å². The number of alkyl halides is 3. The highest BCUT2D eigenvalue weighted by Crippen LogP contribution is 2.39. The van der Waals surface area contributed by atoms with Crippen molar-refractivity contribution in [2.75, 3.05) is 7.11 Å². The van der Waals surface area contributed by atoms with Gasteiger partial charge < -0.3 is 4.74 Å². The number of halogens is 3. The monoisotopic (exact) mass is 236 g/mol. The summed E-state index contributed by atoms with van der Waals surface area (Å²) in [5, 5.41) is 0. The van der Waals surface area contributed by atoms with Crippen LogP contribution in [0.15, 0.2) is 17.0 Å². The highest BCUT2D eigenvalue weighted by atomic mass is 32.2. The van der Waals surface area contributed by atoms with Crippen molar-refractivity contribution in [3.8, 4) is 5.75 Å². The molecule has 0 atom stereocenters. The van der Waals surface area contributed by atoms with E-state index in [1.54, 1.807) is 6.92 Å². The quantitative estimate of drug-likeness (QED) is 0.720. The summed E-state index contributed by atoms with van der Waals surface area (Å²) in [5.74, 6) is 0.488. The molecule has 84 valence electrons. The summed E-state index contributed by atoms with van der Waals surface area (Å²) in [6, 6.07) is 2.91. The molecule has 0 unspecified atom stereocenters. The Kier molecular flexibility index (Phi) is 3.54. The summed E-state index contributed by atoms with van der Waals surface area (Å²) < 4.78 is 41.4. The Morgan fingerprint density at radius 1 is 1.20 bits per heavy atom. The molecule has 1 rings (SSSR count). The fourth-order valence-electron chi connectivity index (χ4n) is 1.20. The standard InChI is InChI=1S/C10H11F3OS/c1-6-4-8(15-10(11,12)13)5-9(14-3)7(6)2/h4-5H,1-3H3. The van der Waals surface area contributed by atoms with Crippen LogP contribution in [-0.4, -0.2) is 12.6 Å². The maximum absolute atomic E-state index is 12.1. The van der Waals surface area contributed by atoms with Gasteiger partial charge >= 0.3 is 5.51 Å². The van der Waals surface area contributed by atoms with Gasteiger partial charge in [0.25, 0.3) is 0 Å². The Balaban J connectivity index is 3.06. The predicted molar refractivity (Wildman–Crippen MR) is 54.4 cm³/mol. The second-order valence-corrected chi connectivity index (χ2v) is 4.25. The van der Waals surface area contributed by atoms with Crippen LogP contribution >= 0.6 is 11.8 Å². The predicted octanol–water partition coefficient (Wildman–Crippen LogP) is 3.92. The molecule has 0 saturated carbocycles. The Labute approximate surface area is 90.6 Å². The zero-order chi connectivity index (χ0) is 11.6. The van der Waals surface area contributed by atoms with E-state index in [1.165, 1.54) is 19.2 Å². The first-order valence-electron chi connectivity index (χ1n) is 4.24. The normalized spacial score (nSPS) is 11.6. The Hall–Kier alpha value is -0.840. The summed E-state index contributed by atoms with van der Waals surface area (Å²) >= 11 is -0.127. The van der Waals surface area contributed by atoms with Crippen molar-refractivity contribution >= 4 is 11.8 Å². The van der Waals surface area contributed by atoms with Crippen molar-refractivity contribution < 1.29 is 17.9 Å². The van der Waals surface area contributed by atoms with Crippen molar-refractivity contribution in [2.24, 2.45) is 0 Å². The van der Waals surface area contributed by atoms with E-state index in [0.717, 1.165) is 11.1 Å². The molecule has 0 bridgehead atoms. The number of rotatable bonds is 2. The van der Waals surface area contributed by atoms with Gasteiger partial charge in [0, 0.05) is 4.90 Å². The molecule has 0 aliphatic heterocycles. The summed E-state index contributed by atoms with van der Waals surface area (Å²) in [7, 11) is 1.45. The fourth-order valence-corrected chi connectivity index (χ4v) is 1.87. The SMILES string of the molecule is COc1cc(SC(F)(F)F)cc(C)c1C. The number of thioether (sulfide) groups is 1. The first-order chi connectivity index (χ1) is 6.83. The molecule has 1 nitrogen and oxygen atoms in total. The van der Waals surface area contributed by atoms with Gasteiger partial charge in [-0.1, -0.05) is 0 Å². The summed E-state index contributed by atoms with van der Waals surface area (Å²) in [6.45, 7) is 3.58. The van der Waals surface area contributed by atoms with E-state index < -0.39 is 5.51 Å². The second-order valence-electron chi connectivity index (χ2n) is 3.12. The van der Waals surface area contributed by atoms with Crippen LogP contribution in [0.1, 0.15) is 11.1 Å². The lowest BCUT2D eigenvalue weighted by molar-refractivity contribution is -0.0328. The first-order valence-corrected chi connectivity index (χ1v) is 5.06. The molecular weight excluding hydrogens is 225 g/mol. The molecule has 1 aromatic rings. The maximum atomic E-state index is 12.1. The van der Waals surface area contributed by atoms with Crippen LogP contribution in [0.5, 0.6) is 5.75 Å². The van der Waals surface area contributed by atoms with Crippen molar-refractivity contribution in [1.29, 1.82) is 0 Å². The van der Waals surface area contributed by atoms with Crippen LogP contribution in [0.3, 0.4) is 0 Å². The molecule has 0 spiro atoms. The lowest BCUT2D eigenvalue weighted by Crippen LogP contribution is -2.00. The lowest BCUT2D eigenvalue weighted by atomic mass is 10.1. The van der Waals surface area contributed by atoms with E-state index in [1.807, 2.05) is 6.92 Å². The minimum atomic E-state index is -4.26. The Morgan fingerprint density at radius 2 is 1.80 bits per heavy atom. The first kappa shape index (κ1) is 12.2. The second kappa shape index (κ2) is 4.35. The third-order valence-electron chi connectivity index (χ3n) is 2.05. The highest BCUT2D eigenvalue weighted by molar-refractivity contribution is 8.00.